The van der Waals surface area contributed by atoms with E-state index in [0.29, 0.717) is 17.2 Å². The SMILES string of the molecule is Cc1cc2nc(N(Cc3ccccc3)C(=O)c3ccc4ncsc4c3)sc2cc1C. The zero-order valence-electron chi connectivity index (χ0n) is 16.6. The fraction of sp³-hybridized carbons (Fsp3) is 0.125. The fourth-order valence-electron chi connectivity index (χ4n) is 3.42. The Hall–Kier alpha value is -3.09. The average molecular weight is 430 g/mol. The van der Waals surface area contributed by atoms with Crippen LogP contribution in [-0.4, -0.2) is 15.9 Å². The first kappa shape index (κ1) is 18.9. The van der Waals surface area contributed by atoms with Gasteiger partial charge in [0.1, 0.15) is 0 Å². The van der Waals surface area contributed by atoms with Crippen molar-refractivity contribution >= 4 is 54.1 Å². The van der Waals surface area contributed by atoms with Crippen molar-refractivity contribution in [3.05, 3.63) is 88.4 Å². The summed E-state index contributed by atoms with van der Waals surface area (Å²) in [4.78, 5) is 24.5. The minimum absolute atomic E-state index is 0.0540. The van der Waals surface area contributed by atoms with Crippen molar-refractivity contribution in [2.45, 2.75) is 20.4 Å². The van der Waals surface area contributed by atoms with E-state index in [1.807, 2.05) is 48.5 Å². The number of carbonyl (C=O) groups excluding carboxylic acids is 1. The summed E-state index contributed by atoms with van der Waals surface area (Å²) in [6, 6.07) is 20.0. The van der Waals surface area contributed by atoms with Gasteiger partial charge in [-0.1, -0.05) is 41.7 Å². The van der Waals surface area contributed by atoms with Crippen LogP contribution in [0.2, 0.25) is 0 Å². The normalized spacial score (nSPS) is 11.3. The molecule has 1 amide bonds. The van der Waals surface area contributed by atoms with E-state index in [9.17, 15) is 4.79 Å². The third-order valence-corrected chi connectivity index (χ3v) is 7.06. The lowest BCUT2D eigenvalue weighted by atomic mass is 10.1. The Bertz CT molecular complexity index is 1330. The van der Waals surface area contributed by atoms with Gasteiger partial charge in [0.15, 0.2) is 5.13 Å². The van der Waals surface area contributed by atoms with Gasteiger partial charge in [0.05, 0.1) is 32.5 Å². The van der Waals surface area contributed by atoms with Crippen LogP contribution in [0.3, 0.4) is 0 Å². The van der Waals surface area contributed by atoms with Gasteiger partial charge < -0.3 is 0 Å². The van der Waals surface area contributed by atoms with E-state index < -0.39 is 0 Å². The Morgan fingerprint density at radius 2 is 1.73 bits per heavy atom. The van der Waals surface area contributed by atoms with Crippen molar-refractivity contribution in [2.75, 3.05) is 4.90 Å². The molecule has 2 aromatic heterocycles. The van der Waals surface area contributed by atoms with Crippen LogP contribution in [0.25, 0.3) is 20.4 Å². The Balaban J connectivity index is 1.60. The molecule has 4 nitrogen and oxygen atoms in total. The molecule has 0 fully saturated rings. The Morgan fingerprint density at radius 3 is 2.57 bits per heavy atom. The molecule has 0 N–H and O–H groups in total. The van der Waals surface area contributed by atoms with Gasteiger partial charge >= 0.3 is 0 Å². The van der Waals surface area contributed by atoms with Gasteiger partial charge in [-0.3, -0.25) is 9.69 Å². The molecule has 0 aliphatic carbocycles. The van der Waals surface area contributed by atoms with Crippen molar-refractivity contribution in [1.82, 2.24) is 9.97 Å². The molecular formula is C24H19N3OS2. The van der Waals surface area contributed by atoms with Crippen molar-refractivity contribution in [2.24, 2.45) is 0 Å². The lowest BCUT2D eigenvalue weighted by Gasteiger charge is -2.20. The third-order valence-electron chi connectivity index (χ3n) is 5.23. The van der Waals surface area contributed by atoms with Crippen molar-refractivity contribution in [3.8, 4) is 0 Å². The number of fused-ring (bicyclic) bond motifs is 2. The van der Waals surface area contributed by atoms with E-state index in [1.54, 1.807) is 33.1 Å². The van der Waals surface area contributed by atoms with Gasteiger partial charge in [0.25, 0.3) is 5.91 Å². The molecule has 0 aliphatic rings. The van der Waals surface area contributed by atoms with E-state index in [-0.39, 0.29) is 5.91 Å². The summed E-state index contributed by atoms with van der Waals surface area (Å²) < 4.78 is 2.10. The zero-order chi connectivity index (χ0) is 20.7. The molecule has 30 heavy (non-hydrogen) atoms. The molecule has 5 aromatic rings. The molecule has 5 rings (SSSR count). The molecule has 0 unspecified atom stereocenters. The van der Waals surface area contributed by atoms with Crippen LogP contribution in [0.15, 0.2) is 66.2 Å². The van der Waals surface area contributed by atoms with Crippen LogP contribution in [-0.2, 0) is 6.54 Å². The van der Waals surface area contributed by atoms with Crippen molar-refractivity contribution in [1.29, 1.82) is 0 Å². The molecular weight excluding hydrogens is 410 g/mol. The predicted molar refractivity (Wildman–Crippen MR) is 126 cm³/mol. The quantitative estimate of drug-likeness (QED) is 0.333. The van der Waals surface area contributed by atoms with Gasteiger partial charge in [-0.25, -0.2) is 9.97 Å². The summed E-state index contributed by atoms with van der Waals surface area (Å²) in [7, 11) is 0. The van der Waals surface area contributed by atoms with E-state index in [1.165, 1.54) is 11.1 Å². The second-order valence-electron chi connectivity index (χ2n) is 7.31. The van der Waals surface area contributed by atoms with Gasteiger partial charge in [-0.2, -0.15) is 0 Å². The Morgan fingerprint density at radius 1 is 0.933 bits per heavy atom. The second-order valence-corrected chi connectivity index (χ2v) is 9.21. The van der Waals surface area contributed by atoms with E-state index in [2.05, 4.69) is 31.0 Å². The van der Waals surface area contributed by atoms with Crippen LogP contribution >= 0.6 is 22.7 Å². The van der Waals surface area contributed by atoms with E-state index in [0.717, 1.165) is 26.0 Å². The maximum atomic E-state index is 13.6. The summed E-state index contributed by atoms with van der Waals surface area (Å²) in [5, 5.41) is 0.716. The zero-order valence-corrected chi connectivity index (χ0v) is 18.3. The first-order valence-electron chi connectivity index (χ1n) is 9.65. The minimum atomic E-state index is -0.0540. The van der Waals surface area contributed by atoms with Crippen LogP contribution < -0.4 is 4.90 Å². The minimum Gasteiger partial charge on any atom is -0.279 e. The maximum absolute atomic E-state index is 13.6. The molecule has 148 valence electrons. The molecule has 0 radical (unpaired) electrons. The number of carbonyl (C=O) groups is 1. The highest BCUT2D eigenvalue weighted by Crippen LogP contribution is 2.33. The lowest BCUT2D eigenvalue weighted by Crippen LogP contribution is -2.30. The standard InChI is InChI=1S/C24H19N3OS2/c1-15-10-20-22(11-16(15)2)30-24(26-20)27(13-17-6-4-3-5-7-17)23(28)18-8-9-19-21(12-18)29-14-25-19/h3-12,14H,13H2,1-2H3. The second kappa shape index (κ2) is 7.63. The predicted octanol–water partition coefficient (Wildman–Crippen LogP) is 6.37. The van der Waals surface area contributed by atoms with Crippen molar-refractivity contribution in [3.63, 3.8) is 0 Å². The summed E-state index contributed by atoms with van der Waals surface area (Å²) >= 11 is 3.10. The number of aromatic nitrogens is 2. The number of benzene rings is 3. The van der Waals surface area contributed by atoms with Gasteiger partial charge in [-0.15, -0.1) is 11.3 Å². The molecule has 0 atom stereocenters. The Labute approximate surface area is 182 Å². The van der Waals surface area contributed by atoms with E-state index in [4.69, 9.17) is 4.98 Å². The lowest BCUT2D eigenvalue weighted by molar-refractivity contribution is 0.0985. The number of aryl methyl sites for hydroxylation is 2. The molecule has 0 bridgehead atoms. The summed E-state index contributed by atoms with van der Waals surface area (Å²) in [5.41, 5.74) is 7.80. The number of hydrogen-bond acceptors (Lipinski definition) is 5. The molecule has 3 aromatic carbocycles. The topological polar surface area (TPSA) is 46.1 Å². The number of amides is 1. The largest absolute Gasteiger partial charge is 0.279 e. The maximum Gasteiger partial charge on any atom is 0.260 e. The molecule has 6 heteroatoms. The number of anilines is 1. The first-order valence-corrected chi connectivity index (χ1v) is 11.3. The molecule has 0 saturated carbocycles. The molecule has 2 heterocycles. The van der Waals surface area contributed by atoms with Crippen LogP contribution in [0.5, 0.6) is 0 Å². The number of thiazole rings is 2. The first-order chi connectivity index (χ1) is 14.6. The van der Waals surface area contributed by atoms with E-state index >= 15 is 0 Å². The number of hydrogen-bond donors (Lipinski definition) is 0. The highest BCUT2D eigenvalue weighted by atomic mass is 32.1. The van der Waals surface area contributed by atoms with Gasteiger partial charge in [0.2, 0.25) is 0 Å². The average Bonchev–Trinajstić information content (AvgIpc) is 3.38. The highest BCUT2D eigenvalue weighted by molar-refractivity contribution is 7.22. The fourth-order valence-corrected chi connectivity index (χ4v) is 5.18. The monoisotopic (exact) mass is 429 g/mol. The summed E-state index contributed by atoms with van der Waals surface area (Å²) in [6.45, 7) is 4.66. The number of nitrogens with zero attached hydrogens (tertiary/aromatic N) is 3. The molecule has 0 spiro atoms. The van der Waals surface area contributed by atoms with Gasteiger partial charge in [-0.05, 0) is 60.9 Å². The third kappa shape index (κ3) is 3.49. The summed E-state index contributed by atoms with van der Waals surface area (Å²) in [6.07, 6.45) is 0. The van der Waals surface area contributed by atoms with Crippen LogP contribution in [0.1, 0.15) is 27.0 Å². The number of rotatable bonds is 4. The summed E-state index contributed by atoms with van der Waals surface area (Å²) in [5.74, 6) is -0.0540. The molecule has 0 saturated heterocycles. The Kier molecular flexibility index (Phi) is 4.81. The highest BCUT2D eigenvalue weighted by Gasteiger charge is 2.22. The van der Waals surface area contributed by atoms with Gasteiger partial charge in [0, 0.05) is 5.56 Å². The van der Waals surface area contributed by atoms with Crippen molar-refractivity contribution < 1.29 is 4.79 Å². The van der Waals surface area contributed by atoms with Crippen LogP contribution in [0.4, 0.5) is 5.13 Å². The van der Waals surface area contributed by atoms with Crippen LogP contribution in [0, 0.1) is 13.8 Å². The molecule has 0 aliphatic heterocycles. The smallest absolute Gasteiger partial charge is 0.260 e.